The fraction of sp³-hybridized carbons (Fsp3) is 0.178. The quantitative estimate of drug-likeness (QED) is 0.0171. The smallest absolute Gasteiger partial charge is 0.478 e. The molecule has 0 atom stereocenters. The zero-order valence-electron chi connectivity index (χ0n) is 33.8. The number of nitrogens with zero attached hydrogens (tertiary/aromatic N) is 3. The standard InChI is InChI=1S/C45H41ClFN4O10PS/c1-54-61-63-22-21-51(45(52)56-31-59-62(53,57-28-32-9-4-2-5-10-32)58-29-33-11-6-3-7-12-33)26-38-17-20-42(60-38)35-15-18-41-39(24-35)44(49-30-48-41)50-37-16-19-43(40(46)25-37)55-27-34-13-8-14-36(47)23-34/h2-20,23-25,30H,21-22,26-29,31H2,1H3,(H,48,49,50). The van der Waals surface area contributed by atoms with Gasteiger partial charge in [0.1, 0.15) is 41.8 Å². The highest BCUT2D eigenvalue weighted by Crippen LogP contribution is 2.51. The van der Waals surface area contributed by atoms with E-state index in [1.807, 2.05) is 78.9 Å². The summed E-state index contributed by atoms with van der Waals surface area (Å²) in [5.41, 5.74) is 4.21. The van der Waals surface area contributed by atoms with Gasteiger partial charge in [-0.25, -0.2) is 33.1 Å². The lowest BCUT2D eigenvalue weighted by Gasteiger charge is -2.22. The number of fused-ring (bicyclic) bond motifs is 1. The van der Waals surface area contributed by atoms with Crippen LogP contribution in [0.2, 0.25) is 5.02 Å². The molecule has 0 aliphatic carbocycles. The maximum atomic E-state index is 13.7. The van der Waals surface area contributed by atoms with Crippen LogP contribution in [0.5, 0.6) is 5.75 Å². The van der Waals surface area contributed by atoms with Crippen LogP contribution in [-0.4, -0.2) is 47.2 Å². The molecule has 7 rings (SSSR count). The monoisotopic (exact) mass is 914 g/mol. The molecular formula is C45H41ClFN4O10PS. The van der Waals surface area contributed by atoms with Crippen molar-refractivity contribution < 1.29 is 50.4 Å². The average Bonchev–Trinajstić information content (AvgIpc) is 3.78. The summed E-state index contributed by atoms with van der Waals surface area (Å²) in [6.45, 7) is -0.539. The van der Waals surface area contributed by atoms with Crippen LogP contribution in [0.1, 0.15) is 22.5 Å². The second-order valence-electron chi connectivity index (χ2n) is 13.5. The Labute approximate surface area is 371 Å². The average molecular weight is 915 g/mol. The lowest BCUT2D eigenvalue weighted by molar-refractivity contribution is -0.160. The van der Waals surface area contributed by atoms with E-state index in [1.165, 1.54) is 30.5 Å². The number of hydrogen-bond acceptors (Lipinski definition) is 14. The molecule has 63 heavy (non-hydrogen) atoms. The van der Waals surface area contributed by atoms with E-state index in [-0.39, 0.29) is 38.7 Å². The van der Waals surface area contributed by atoms with Crippen LogP contribution in [0, 0.1) is 5.82 Å². The molecule has 5 aromatic carbocycles. The number of benzene rings is 5. The Morgan fingerprint density at radius 2 is 1.57 bits per heavy atom. The predicted octanol–water partition coefficient (Wildman–Crippen LogP) is 11.7. The fourth-order valence-electron chi connectivity index (χ4n) is 6.00. The van der Waals surface area contributed by atoms with Crippen LogP contribution in [0.15, 0.2) is 144 Å². The number of carbonyl (C=O) groups excluding carboxylic acids is 1. The van der Waals surface area contributed by atoms with Crippen molar-refractivity contribution in [1.29, 1.82) is 0 Å². The van der Waals surface area contributed by atoms with Gasteiger partial charge in [-0.15, -0.1) is 0 Å². The zero-order valence-corrected chi connectivity index (χ0v) is 36.2. The highest BCUT2D eigenvalue weighted by Gasteiger charge is 2.29. The van der Waals surface area contributed by atoms with Crippen LogP contribution in [0.4, 0.5) is 20.7 Å². The van der Waals surface area contributed by atoms with Gasteiger partial charge in [0, 0.05) is 41.0 Å². The molecule has 18 heteroatoms. The summed E-state index contributed by atoms with van der Waals surface area (Å²) in [5, 5.41) is 4.37. The van der Waals surface area contributed by atoms with Crippen molar-refractivity contribution in [3.05, 3.63) is 173 Å². The van der Waals surface area contributed by atoms with E-state index in [9.17, 15) is 13.8 Å². The fourth-order valence-corrected chi connectivity index (χ4v) is 7.71. The van der Waals surface area contributed by atoms with E-state index in [4.69, 9.17) is 43.4 Å². The number of hydrogen-bond donors (Lipinski definition) is 1. The van der Waals surface area contributed by atoms with Crippen LogP contribution < -0.4 is 10.1 Å². The maximum Gasteiger partial charge on any atom is 0.478 e. The summed E-state index contributed by atoms with van der Waals surface area (Å²) in [6, 6.07) is 38.8. The summed E-state index contributed by atoms with van der Waals surface area (Å²) in [6.07, 6.45) is 0.671. The first-order valence-electron chi connectivity index (χ1n) is 19.4. The number of amides is 1. The van der Waals surface area contributed by atoms with E-state index in [0.717, 1.165) is 28.7 Å². The number of halogens is 2. The number of aromatic nitrogens is 2. The van der Waals surface area contributed by atoms with Crippen molar-refractivity contribution in [2.75, 3.05) is 31.5 Å². The molecule has 0 aliphatic heterocycles. The summed E-state index contributed by atoms with van der Waals surface area (Å²) in [5.74, 6) is 1.89. The number of phosphoric acid groups is 1. The predicted molar refractivity (Wildman–Crippen MR) is 236 cm³/mol. The first-order chi connectivity index (χ1) is 30.7. The maximum absolute atomic E-state index is 13.7. The minimum absolute atomic E-state index is 0.00521. The van der Waals surface area contributed by atoms with E-state index in [0.29, 0.717) is 56.0 Å². The summed E-state index contributed by atoms with van der Waals surface area (Å²) in [4.78, 5) is 28.4. The van der Waals surface area contributed by atoms with Crippen molar-refractivity contribution in [2.45, 2.75) is 26.4 Å². The van der Waals surface area contributed by atoms with Gasteiger partial charge in [0.15, 0.2) is 0 Å². The minimum atomic E-state index is -4.21. The van der Waals surface area contributed by atoms with Crippen molar-refractivity contribution in [2.24, 2.45) is 0 Å². The van der Waals surface area contributed by atoms with Crippen molar-refractivity contribution >= 4 is 60.0 Å². The number of anilines is 2. The van der Waals surface area contributed by atoms with Crippen molar-refractivity contribution in [3.8, 4) is 17.1 Å². The Morgan fingerprint density at radius 3 is 2.29 bits per heavy atom. The van der Waals surface area contributed by atoms with Gasteiger partial charge in [-0.1, -0.05) is 84.4 Å². The first-order valence-corrected chi connectivity index (χ1v) is 22.1. The molecular weight excluding hydrogens is 874 g/mol. The van der Waals surface area contributed by atoms with Gasteiger partial charge in [-0.3, -0.25) is 13.9 Å². The third kappa shape index (κ3) is 13.3. The molecule has 0 radical (unpaired) electrons. The number of nitrogens with one attached hydrogen (secondary N) is 1. The van der Waals surface area contributed by atoms with E-state index < -0.39 is 20.7 Å². The van der Waals surface area contributed by atoms with Gasteiger partial charge in [0.05, 0.1) is 37.4 Å². The molecule has 326 valence electrons. The molecule has 1 N–H and O–H groups in total. The Morgan fingerprint density at radius 1 is 0.825 bits per heavy atom. The molecule has 2 aromatic heterocycles. The van der Waals surface area contributed by atoms with Crippen molar-refractivity contribution in [3.63, 3.8) is 0 Å². The minimum Gasteiger partial charge on any atom is -0.487 e. The van der Waals surface area contributed by atoms with Crippen LogP contribution in [0.3, 0.4) is 0 Å². The lowest BCUT2D eigenvalue weighted by Crippen LogP contribution is -2.33. The molecule has 0 fully saturated rings. The van der Waals surface area contributed by atoms with Crippen LogP contribution in [0.25, 0.3) is 22.2 Å². The van der Waals surface area contributed by atoms with Crippen LogP contribution >= 0.6 is 31.5 Å². The third-order valence-corrected chi connectivity index (χ3v) is 11.3. The van der Waals surface area contributed by atoms with E-state index >= 15 is 0 Å². The summed E-state index contributed by atoms with van der Waals surface area (Å²) < 4.78 is 66.6. The highest BCUT2D eigenvalue weighted by atomic mass is 35.5. The number of rotatable bonds is 22. The molecule has 0 aliphatic rings. The highest BCUT2D eigenvalue weighted by molar-refractivity contribution is 7.94. The molecule has 0 unspecified atom stereocenters. The second-order valence-corrected chi connectivity index (χ2v) is 16.4. The van der Waals surface area contributed by atoms with Gasteiger partial charge in [0.25, 0.3) is 0 Å². The molecule has 7 aromatic rings. The molecule has 0 bridgehead atoms. The first kappa shape index (κ1) is 45.2. The number of ether oxygens (including phenoxy) is 2. The normalized spacial score (nSPS) is 11.4. The van der Waals surface area contributed by atoms with E-state index in [2.05, 4.69) is 20.2 Å². The van der Waals surface area contributed by atoms with E-state index in [1.54, 1.807) is 42.5 Å². The third-order valence-electron chi connectivity index (χ3n) is 9.08. The lowest BCUT2D eigenvalue weighted by atomic mass is 10.1. The Kier molecular flexibility index (Phi) is 16.2. The Balaban J connectivity index is 1.00. The van der Waals surface area contributed by atoms with Gasteiger partial charge < -0.3 is 19.2 Å². The Bertz CT molecular complexity index is 2580. The zero-order chi connectivity index (χ0) is 43.9. The van der Waals surface area contributed by atoms with Gasteiger partial charge in [-0.05, 0) is 77.4 Å². The van der Waals surface area contributed by atoms with Gasteiger partial charge >= 0.3 is 13.9 Å². The topological polar surface area (TPSA) is 153 Å². The van der Waals surface area contributed by atoms with Crippen LogP contribution in [-0.2, 0) is 58.5 Å². The molecule has 0 saturated heterocycles. The molecule has 0 saturated carbocycles. The number of phosphoric ester groups is 1. The Hall–Kier alpha value is -5.81. The number of furan rings is 1. The summed E-state index contributed by atoms with van der Waals surface area (Å²) >= 11 is 7.56. The SMILES string of the molecule is COOSCCN(Cc1ccc(-c2ccc3ncnc(Nc4ccc(OCc5cccc(F)c5)c(Cl)c4)c3c2)o1)C(=O)OCOP(=O)(OCc1ccccc1)OCc1ccccc1. The molecule has 2 heterocycles. The summed E-state index contributed by atoms with van der Waals surface area (Å²) in [7, 11) is -2.84. The largest absolute Gasteiger partial charge is 0.487 e. The molecule has 0 spiro atoms. The van der Waals surface area contributed by atoms with Gasteiger partial charge in [0.2, 0.25) is 6.79 Å². The number of carbonyl (C=O) groups is 1. The van der Waals surface area contributed by atoms with Crippen molar-refractivity contribution in [1.82, 2.24) is 14.9 Å². The molecule has 14 nitrogen and oxygen atoms in total. The molecule has 1 amide bonds. The second kappa shape index (κ2) is 22.5. The van der Waals surface area contributed by atoms with Gasteiger partial charge in [-0.2, -0.15) is 4.33 Å².